The van der Waals surface area contributed by atoms with Crippen molar-refractivity contribution in [3.8, 4) is 17.1 Å². The van der Waals surface area contributed by atoms with Crippen LogP contribution in [-0.2, 0) is 0 Å². The van der Waals surface area contributed by atoms with Gasteiger partial charge in [0, 0.05) is 11.1 Å². The van der Waals surface area contributed by atoms with Crippen LogP contribution in [0.1, 0.15) is 16.7 Å². The Morgan fingerprint density at radius 1 is 0.952 bits per heavy atom. The van der Waals surface area contributed by atoms with Gasteiger partial charge in [-0.3, -0.25) is 4.79 Å². The van der Waals surface area contributed by atoms with Gasteiger partial charge in [0.25, 0.3) is 0 Å². The van der Waals surface area contributed by atoms with Crippen LogP contribution in [0.25, 0.3) is 22.3 Å². The molecule has 0 saturated heterocycles. The molecule has 3 aromatic rings. The van der Waals surface area contributed by atoms with Crippen LogP contribution >= 0.6 is 0 Å². The zero-order chi connectivity index (χ0) is 15.1. The SMILES string of the molecule is Cc1ccc(-c2oc3cc(C)cc(O)c3c(=O)c2C)cc1. The molecule has 0 unspecified atom stereocenters. The molecule has 0 amide bonds. The summed E-state index contributed by atoms with van der Waals surface area (Å²) in [6.45, 7) is 5.58. The van der Waals surface area contributed by atoms with Crippen LogP contribution in [0, 0.1) is 20.8 Å². The smallest absolute Gasteiger partial charge is 0.199 e. The van der Waals surface area contributed by atoms with Crippen LogP contribution < -0.4 is 5.43 Å². The fourth-order valence-corrected chi connectivity index (χ4v) is 2.50. The number of phenolic OH excluding ortho intramolecular Hbond substituents is 1. The number of hydrogen-bond donors (Lipinski definition) is 1. The molecule has 106 valence electrons. The summed E-state index contributed by atoms with van der Waals surface area (Å²) in [4.78, 5) is 12.5. The summed E-state index contributed by atoms with van der Waals surface area (Å²) < 4.78 is 5.90. The summed E-state index contributed by atoms with van der Waals surface area (Å²) in [7, 11) is 0. The average Bonchev–Trinajstić information content (AvgIpc) is 2.43. The number of aryl methyl sites for hydroxylation is 2. The minimum Gasteiger partial charge on any atom is -0.507 e. The molecule has 0 radical (unpaired) electrons. The molecule has 1 N–H and O–H groups in total. The van der Waals surface area contributed by atoms with Crippen molar-refractivity contribution in [1.29, 1.82) is 0 Å². The minimum absolute atomic E-state index is 0.0303. The van der Waals surface area contributed by atoms with Gasteiger partial charge in [0.1, 0.15) is 22.5 Å². The number of fused-ring (bicyclic) bond motifs is 1. The zero-order valence-electron chi connectivity index (χ0n) is 12.2. The van der Waals surface area contributed by atoms with E-state index in [2.05, 4.69) is 0 Å². The van der Waals surface area contributed by atoms with Gasteiger partial charge < -0.3 is 9.52 Å². The Morgan fingerprint density at radius 2 is 1.62 bits per heavy atom. The maximum atomic E-state index is 12.5. The van der Waals surface area contributed by atoms with Gasteiger partial charge in [-0.1, -0.05) is 29.8 Å². The number of hydrogen-bond acceptors (Lipinski definition) is 3. The van der Waals surface area contributed by atoms with Crippen molar-refractivity contribution in [2.45, 2.75) is 20.8 Å². The van der Waals surface area contributed by atoms with Crippen LogP contribution in [0.3, 0.4) is 0 Å². The number of benzene rings is 2. The van der Waals surface area contributed by atoms with Gasteiger partial charge in [0.2, 0.25) is 0 Å². The molecule has 0 saturated carbocycles. The van der Waals surface area contributed by atoms with E-state index in [1.54, 1.807) is 19.1 Å². The molecule has 21 heavy (non-hydrogen) atoms. The van der Waals surface area contributed by atoms with Crippen molar-refractivity contribution in [2.24, 2.45) is 0 Å². The summed E-state index contributed by atoms with van der Waals surface area (Å²) in [6.07, 6.45) is 0. The van der Waals surface area contributed by atoms with Crippen LogP contribution in [0.15, 0.2) is 45.6 Å². The monoisotopic (exact) mass is 280 g/mol. The van der Waals surface area contributed by atoms with Gasteiger partial charge in [-0.05, 0) is 38.5 Å². The fraction of sp³-hybridized carbons (Fsp3) is 0.167. The highest BCUT2D eigenvalue weighted by Crippen LogP contribution is 2.30. The van der Waals surface area contributed by atoms with Crippen LogP contribution in [-0.4, -0.2) is 5.11 Å². The number of aromatic hydroxyl groups is 1. The Hall–Kier alpha value is -2.55. The predicted molar refractivity (Wildman–Crippen MR) is 83.8 cm³/mol. The quantitative estimate of drug-likeness (QED) is 0.730. The molecule has 0 spiro atoms. The molecule has 1 heterocycles. The minimum atomic E-state index is -0.190. The van der Waals surface area contributed by atoms with Crippen molar-refractivity contribution >= 4 is 11.0 Å². The summed E-state index contributed by atoms with van der Waals surface area (Å²) in [5, 5.41) is 10.2. The molecule has 3 heteroatoms. The predicted octanol–water partition coefficient (Wildman–Crippen LogP) is 4.09. The average molecular weight is 280 g/mol. The lowest BCUT2D eigenvalue weighted by atomic mass is 10.0. The first-order valence-corrected chi connectivity index (χ1v) is 6.81. The molecular weight excluding hydrogens is 264 g/mol. The molecule has 0 aliphatic rings. The lowest BCUT2D eigenvalue weighted by Gasteiger charge is -2.09. The second-order valence-corrected chi connectivity index (χ2v) is 5.41. The number of phenols is 1. The Labute approximate surface area is 122 Å². The summed E-state index contributed by atoms with van der Waals surface area (Å²) in [5.74, 6) is 0.523. The third-order valence-corrected chi connectivity index (χ3v) is 3.66. The molecular formula is C18H16O3. The van der Waals surface area contributed by atoms with Gasteiger partial charge in [-0.15, -0.1) is 0 Å². The lowest BCUT2D eigenvalue weighted by molar-refractivity contribution is 0.479. The summed E-state index contributed by atoms with van der Waals surface area (Å²) >= 11 is 0. The highest BCUT2D eigenvalue weighted by atomic mass is 16.3. The number of rotatable bonds is 1. The Bertz CT molecular complexity index is 887. The topological polar surface area (TPSA) is 50.4 Å². The van der Waals surface area contributed by atoms with E-state index in [-0.39, 0.29) is 16.6 Å². The Kier molecular flexibility index (Phi) is 3.05. The van der Waals surface area contributed by atoms with Gasteiger partial charge in [0.05, 0.1) is 0 Å². The lowest BCUT2D eigenvalue weighted by Crippen LogP contribution is -2.07. The Morgan fingerprint density at radius 3 is 2.29 bits per heavy atom. The van der Waals surface area contributed by atoms with Gasteiger partial charge >= 0.3 is 0 Å². The highest BCUT2D eigenvalue weighted by Gasteiger charge is 2.15. The van der Waals surface area contributed by atoms with Crippen molar-refractivity contribution in [1.82, 2.24) is 0 Å². The largest absolute Gasteiger partial charge is 0.507 e. The molecule has 3 nitrogen and oxygen atoms in total. The molecule has 2 aromatic carbocycles. The highest BCUT2D eigenvalue weighted by molar-refractivity contribution is 5.86. The van der Waals surface area contributed by atoms with E-state index >= 15 is 0 Å². The second-order valence-electron chi connectivity index (χ2n) is 5.41. The second kappa shape index (κ2) is 4.77. The van der Waals surface area contributed by atoms with E-state index in [9.17, 15) is 9.90 Å². The molecule has 1 aromatic heterocycles. The van der Waals surface area contributed by atoms with E-state index in [0.717, 1.165) is 16.7 Å². The molecule has 0 aliphatic heterocycles. The first-order chi connectivity index (χ1) is 9.97. The van der Waals surface area contributed by atoms with Crippen molar-refractivity contribution in [3.63, 3.8) is 0 Å². The molecule has 0 aliphatic carbocycles. The fourth-order valence-electron chi connectivity index (χ4n) is 2.50. The van der Waals surface area contributed by atoms with Crippen molar-refractivity contribution in [3.05, 3.63) is 63.3 Å². The summed E-state index contributed by atoms with van der Waals surface area (Å²) in [5.41, 5.74) is 3.58. The third-order valence-electron chi connectivity index (χ3n) is 3.66. The first kappa shape index (κ1) is 13.4. The van der Waals surface area contributed by atoms with Gasteiger partial charge in [-0.2, -0.15) is 0 Å². The summed E-state index contributed by atoms with van der Waals surface area (Å²) in [6, 6.07) is 11.2. The van der Waals surface area contributed by atoms with Crippen LogP contribution in [0.4, 0.5) is 0 Å². The van der Waals surface area contributed by atoms with E-state index in [1.807, 2.05) is 38.1 Å². The molecule has 3 rings (SSSR count). The van der Waals surface area contributed by atoms with E-state index in [0.29, 0.717) is 16.9 Å². The van der Waals surface area contributed by atoms with E-state index < -0.39 is 0 Å². The molecule has 0 fully saturated rings. The van der Waals surface area contributed by atoms with Gasteiger partial charge in [-0.25, -0.2) is 0 Å². The first-order valence-electron chi connectivity index (χ1n) is 6.81. The zero-order valence-corrected chi connectivity index (χ0v) is 12.2. The molecule has 0 bridgehead atoms. The van der Waals surface area contributed by atoms with Crippen molar-refractivity contribution in [2.75, 3.05) is 0 Å². The molecule has 0 atom stereocenters. The third kappa shape index (κ3) is 2.21. The van der Waals surface area contributed by atoms with Crippen molar-refractivity contribution < 1.29 is 9.52 Å². The van der Waals surface area contributed by atoms with E-state index in [4.69, 9.17) is 4.42 Å². The van der Waals surface area contributed by atoms with Crippen LogP contribution in [0.2, 0.25) is 0 Å². The maximum absolute atomic E-state index is 12.5. The Balaban J connectivity index is 2.37. The normalized spacial score (nSPS) is 11.0. The van der Waals surface area contributed by atoms with E-state index in [1.165, 1.54) is 0 Å². The maximum Gasteiger partial charge on any atom is 0.199 e. The van der Waals surface area contributed by atoms with Gasteiger partial charge in [0.15, 0.2) is 5.43 Å². The standard InChI is InChI=1S/C18H16O3/c1-10-4-6-13(7-5-10)18-12(3)17(20)16-14(19)8-11(2)9-15(16)21-18/h4-9,19H,1-3H3. The van der Waals surface area contributed by atoms with Crippen LogP contribution in [0.5, 0.6) is 5.75 Å².